The summed E-state index contributed by atoms with van der Waals surface area (Å²) < 4.78 is 19.4. The Morgan fingerprint density at radius 3 is 2.36 bits per heavy atom. The fourth-order valence-corrected chi connectivity index (χ4v) is 5.29. The van der Waals surface area contributed by atoms with Gasteiger partial charge in [0.05, 0.1) is 18.6 Å². The topological polar surface area (TPSA) is 105 Å². The van der Waals surface area contributed by atoms with Crippen molar-refractivity contribution in [3.8, 4) is 5.75 Å². The molecule has 8 nitrogen and oxygen atoms in total. The number of benzene rings is 2. The standard InChI is InChI=1S/C27H33FN4O4/c1-36-19-11-12-20(22(28)17-19)27(35)32-15-13-31(14-16-32)23-10-6-5-9-21(23)26(34)30-24(25(29)33)18-7-3-2-4-8-18/h2-4,7-8,11-12,17,21,23-24H,5-6,9-10,13-16H2,1H3,(H2,29,33)(H,30,34)/t21-,23-,24+/m1/s1. The number of hydrogen-bond donors (Lipinski definition) is 2. The molecule has 1 saturated heterocycles. The van der Waals surface area contributed by atoms with Crippen LogP contribution in [0.25, 0.3) is 0 Å². The second kappa shape index (κ2) is 11.5. The monoisotopic (exact) mass is 496 g/mol. The molecule has 2 aromatic carbocycles. The van der Waals surface area contributed by atoms with E-state index in [4.69, 9.17) is 10.5 Å². The zero-order chi connectivity index (χ0) is 25.7. The molecule has 0 unspecified atom stereocenters. The lowest BCUT2D eigenvalue weighted by molar-refractivity contribution is -0.133. The van der Waals surface area contributed by atoms with Gasteiger partial charge in [-0.1, -0.05) is 43.2 Å². The molecule has 2 fully saturated rings. The van der Waals surface area contributed by atoms with Crippen LogP contribution in [0.1, 0.15) is 47.6 Å². The molecule has 2 aliphatic rings. The van der Waals surface area contributed by atoms with E-state index < -0.39 is 17.8 Å². The molecule has 3 N–H and O–H groups in total. The molecule has 0 bridgehead atoms. The van der Waals surface area contributed by atoms with Crippen LogP contribution in [0.2, 0.25) is 0 Å². The predicted octanol–water partition coefficient (Wildman–Crippen LogP) is 2.49. The first-order valence-corrected chi connectivity index (χ1v) is 12.4. The van der Waals surface area contributed by atoms with Gasteiger partial charge in [-0.25, -0.2) is 4.39 Å². The fraction of sp³-hybridized carbons (Fsp3) is 0.444. The molecule has 4 rings (SSSR count). The average molecular weight is 497 g/mol. The Balaban J connectivity index is 1.40. The van der Waals surface area contributed by atoms with E-state index in [9.17, 15) is 18.8 Å². The van der Waals surface area contributed by atoms with Gasteiger partial charge in [0.25, 0.3) is 5.91 Å². The van der Waals surface area contributed by atoms with Crippen LogP contribution in [0.3, 0.4) is 0 Å². The molecule has 9 heteroatoms. The van der Waals surface area contributed by atoms with E-state index in [0.717, 1.165) is 25.7 Å². The fourth-order valence-electron chi connectivity index (χ4n) is 5.29. The minimum Gasteiger partial charge on any atom is -0.497 e. The van der Waals surface area contributed by atoms with E-state index in [2.05, 4.69) is 10.2 Å². The van der Waals surface area contributed by atoms with Crippen LogP contribution in [0.4, 0.5) is 4.39 Å². The molecular formula is C27H33FN4O4. The molecule has 0 radical (unpaired) electrons. The van der Waals surface area contributed by atoms with Crippen molar-refractivity contribution in [2.75, 3.05) is 33.3 Å². The van der Waals surface area contributed by atoms with Crippen molar-refractivity contribution in [2.45, 2.75) is 37.8 Å². The number of hydrogen-bond acceptors (Lipinski definition) is 5. The Kier molecular flexibility index (Phi) is 8.20. The molecule has 0 aromatic heterocycles. The quantitative estimate of drug-likeness (QED) is 0.613. The van der Waals surface area contributed by atoms with E-state index >= 15 is 0 Å². The van der Waals surface area contributed by atoms with Crippen LogP contribution in [0.15, 0.2) is 48.5 Å². The summed E-state index contributed by atoms with van der Waals surface area (Å²) in [5.41, 5.74) is 6.29. The van der Waals surface area contributed by atoms with E-state index in [1.165, 1.54) is 19.2 Å². The summed E-state index contributed by atoms with van der Waals surface area (Å²) in [6, 6.07) is 12.4. The average Bonchev–Trinajstić information content (AvgIpc) is 2.91. The van der Waals surface area contributed by atoms with Crippen LogP contribution in [-0.4, -0.2) is 66.9 Å². The van der Waals surface area contributed by atoms with Crippen LogP contribution < -0.4 is 15.8 Å². The minimum absolute atomic E-state index is 0.0121. The van der Waals surface area contributed by atoms with Crippen LogP contribution in [-0.2, 0) is 9.59 Å². The zero-order valence-corrected chi connectivity index (χ0v) is 20.5. The van der Waals surface area contributed by atoms with Crippen LogP contribution >= 0.6 is 0 Å². The number of halogens is 1. The first-order chi connectivity index (χ1) is 17.4. The Morgan fingerprint density at radius 1 is 1.03 bits per heavy atom. The number of amides is 3. The van der Waals surface area contributed by atoms with Crippen molar-refractivity contribution < 1.29 is 23.5 Å². The highest BCUT2D eigenvalue weighted by atomic mass is 19.1. The molecule has 1 saturated carbocycles. The summed E-state index contributed by atoms with van der Waals surface area (Å²) >= 11 is 0. The molecule has 1 aliphatic heterocycles. The maximum absolute atomic E-state index is 14.4. The maximum Gasteiger partial charge on any atom is 0.256 e. The van der Waals surface area contributed by atoms with Gasteiger partial charge in [-0.15, -0.1) is 0 Å². The number of rotatable bonds is 7. The molecular weight excluding hydrogens is 463 g/mol. The molecule has 0 spiro atoms. The smallest absolute Gasteiger partial charge is 0.256 e. The van der Waals surface area contributed by atoms with Crippen molar-refractivity contribution in [2.24, 2.45) is 11.7 Å². The normalized spacial score (nSPS) is 21.4. The van der Waals surface area contributed by atoms with Gasteiger partial charge in [0, 0.05) is 38.3 Å². The third-order valence-corrected chi connectivity index (χ3v) is 7.25. The Hall–Kier alpha value is -3.46. The summed E-state index contributed by atoms with van der Waals surface area (Å²) in [5.74, 6) is -1.63. The van der Waals surface area contributed by atoms with Crippen molar-refractivity contribution in [3.05, 3.63) is 65.5 Å². The zero-order valence-electron chi connectivity index (χ0n) is 20.5. The summed E-state index contributed by atoms with van der Waals surface area (Å²) in [7, 11) is 1.45. The molecule has 36 heavy (non-hydrogen) atoms. The molecule has 192 valence electrons. The van der Waals surface area contributed by atoms with Gasteiger partial charge in [0.1, 0.15) is 17.6 Å². The van der Waals surface area contributed by atoms with Crippen molar-refractivity contribution >= 4 is 17.7 Å². The summed E-state index contributed by atoms with van der Waals surface area (Å²) in [5, 5.41) is 2.88. The predicted molar refractivity (Wildman–Crippen MR) is 133 cm³/mol. The number of piperazine rings is 1. The van der Waals surface area contributed by atoms with E-state index in [0.29, 0.717) is 37.5 Å². The van der Waals surface area contributed by atoms with Gasteiger partial charge in [-0.2, -0.15) is 0 Å². The maximum atomic E-state index is 14.4. The van der Waals surface area contributed by atoms with Gasteiger partial charge in [-0.3, -0.25) is 19.3 Å². The number of carbonyl (C=O) groups is 3. The van der Waals surface area contributed by atoms with E-state index in [1.54, 1.807) is 35.2 Å². The molecule has 3 amide bonds. The lowest BCUT2D eigenvalue weighted by Crippen LogP contribution is -2.56. The minimum atomic E-state index is -0.880. The molecule has 2 aromatic rings. The Morgan fingerprint density at radius 2 is 1.72 bits per heavy atom. The van der Waals surface area contributed by atoms with E-state index in [1.807, 2.05) is 6.07 Å². The van der Waals surface area contributed by atoms with Gasteiger partial charge in [-0.05, 0) is 30.5 Å². The highest BCUT2D eigenvalue weighted by Crippen LogP contribution is 2.30. The van der Waals surface area contributed by atoms with E-state index in [-0.39, 0.29) is 29.3 Å². The van der Waals surface area contributed by atoms with Gasteiger partial charge < -0.3 is 20.7 Å². The largest absolute Gasteiger partial charge is 0.497 e. The first kappa shape index (κ1) is 25.6. The van der Waals surface area contributed by atoms with Crippen LogP contribution in [0.5, 0.6) is 5.75 Å². The summed E-state index contributed by atoms with van der Waals surface area (Å²) in [4.78, 5) is 42.2. The Bertz CT molecular complexity index is 1090. The second-order valence-corrected chi connectivity index (χ2v) is 9.39. The highest BCUT2D eigenvalue weighted by molar-refractivity contribution is 5.94. The highest BCUT2D eigenvalue weighted by Gasteiger charge is 2.38. The number of ether oxygens (including phenoxy) is 1. The third-order valence-electron chi connectivity index (χ3n) is 7.25. The number of carbonyl (C=O) groups excluding carboxylic acids is 3. The lowest BCUT2D eigenvalue weighted by Gasteiger charge is -2.44. The molecule has 1 aliphatic carbocycles. The second-order valence-electron chi connectivity index (χ2n) is 9.39. The third kappa shape index (κ3) is 5.67. The molecule has 1 heterocycles. The van der Waals surface area contributed by atoms with Crippen molar-refractivity contribution in [3.63, 3.8) is 0 Å². The molecule has 3 atom stereocenters. The van der Waals surface area contributed by atoms with Gasteiger partial charge in [0.2, 0.25) is 11.8 Å². The number of nitrogens with one attached hydrogen (secondary N) is 1. The number of nitrogens with two attached hydrogens (primary N) is 1. The van der Waals surface area contributed by atoms with Gasteiger partial charge >= 0.3 is 0 Å². The lowest BCUT2D eigenvalue weighted by atomic mass is 9.82. The number of nitrogens with zero attached hydrogens (tertiary/aromatic N) is 2. The first-order valence-electron chi connectivity index (χ1n) is 12.4. The van der Waals surface area contributed by atoms with Gasteiger partial charge in [0.15, 0.2) is 0 Å². The van der Waals surface area contributed by atoms with Crippen molar-refractivity contribution in [1.29, 1.82) is 0 Å². The number of methoxy groups -OCH3 is 1. The summed E-state index contributed by atoms with van der Waals surface area (Å²) in [6.07, 6.45) is 3.55. The Labute approximate surface area is 210 Å². The number of primary amides is 1. The SMILES string of the molecule is COc1ccc(C(=O)N2CCN([C@@H]3CCCC[C@H]3C(=O)N[C@H](C(N)=O)c3ccccc3)CC2)c(F)c1. The van der Waals surface area contributed by atoms with Crippen molar-refractivity contribution in [1.82, 2.24) is 15.1 Å². The summed E-state index contributed by atoms with van der Waals surface area (Å²) in [6.45, 7) is 2.08. The van der Waals surface area contributed by atoms with Crippen LogP contribution in [0, 0.1) is 11.7 Å².